The van der Waals surface area contributed by atoms with Gasteiger partial charge in [-0.15, -0.1) is 0 Å². The summed E-state index contributed by atoms with van der Waals surface area (Å²) in [5.41, 5.74) is 1.60. The van der Waals surface area contributed by atoms with Crippen LogP contribution in [0.25, 0.3) is 0 Å². The lowest BCUT2D eigenvalue weighted by molar-refractivity contribution is -0.125. The fraction of sp³-hybridized carbons (Fsp3) is 0.333. The molecule has 1 aliphatic heterocycles. The van der Waals surface area contributed by atoms with Gasteiger partial charge in [-0.05, 0) is 54.3 Å². The SMILES string of the molecule is COc1ccc(NC(=O)C[C@H]2C(=O)N(c3ccccc3)C[C@@H]2CSC)cc1. The largest absolute Gasteiger partial charge is 0.497 e. The van der Waals surface area contributed by atoms with E-state index in [-0.39, 0.29) is 30.1 Å². The number of para-hydroxylation sites is 1. The number of rotatable bonds is 7. The van der Waals surface area contributed by atoms with Crippen molar-refractivity contribution in [2.75, 3.05) is 35.9 Å². The van der Waals surface area contributed by atoms with E-state index in [1.165, 1.54) is 0 Å². The average Bonchev–Trinajstić information content (AvgIpc) is 2.99. The Balaban J connectivity index is 1.68. The van der Waals surface area contributed by atoms with Gasteiger partial charge in [0.25, 0.3) is 0 Å². The minimum atomic E-state index is -0.295. The molecule has 1 fully saturated rings. The molecule has 0 saturated carbocycles. The van der Waals surface area contributed by atoms with Crippen molar-refractivity contribution in [1.82, 2.24) is 0 Å². The third kappa shape index (κ3) is 4.63. The maximum absolute atomic E-state index is 13.0. The standard InChI is InChI=1S/C21H24N2O3S/c1-26-18-10-8-16(9-11-18)22-20(24)12-19-15(14-27-2)13-23(21(19)25)17-6-4-3-5-7-17/h3-11,15,19H,12-14H2,1-2H3,(H,22,24)/t15-,19-/m1/s1. The van der Waals surface area contributed by atoms with Crippen LogP contribution in [0.5, 0.6) is 5.75 Å². The first-order valence-electron chi connectivity index (χ1n) is 8.91. The highest BCUT2D eigenvalue weighted by Gasteiger charge is 2.41. The van der Waals surface area contributed by atoms with Crippen molar-refractivity contribution in [3.05, 3.63) is 54.6 Å². The molecule has 1 N–H and O–H groups in total. The number of hydrogen-bond donors (Lipinski definition) is 1. The van der Waals surface area contributed by atoms with E-state index in [2.05, 4.69) is 5.32 Å². The lowest BCUT2D eigenvalue weighted by Crippen LogP contribution is -2.29. The minimum Gasteiger partial charge on any atom is -0.497 e. The van der Waals surface area contributed by atoms with Crippen molar-refractivity contribution >= 4 is 35.0 Å². The molecular formula is C21H24N2O3S. The Hall–Kier alpha value is -2.47. The summed E-state index contributed by atoms with van der Waals surface area (Å²) in [5.74, 6) is 1.35. The van der Waals surface area contributed by atoms with Crippen molar-refractivity contribution in [1.29, 1.82) is 0 Å². The van der Waals surface area contributed by atoms with Crippen LogP contribution in [0.1, 0.15) is 6.42 Å². The molecule has 1 saturated heterocycles. The second-order valence-corrected chi connectivity index (χ2v) is 7.50. The van der Waals surface area contributed by atoms with Crippen molar-refractivity contribution in [2.24, 2.45) is 11.8 Å². The summed E-state index contributed by atoms with van der Waals surface area (Å²) in [4.78, 5) is 27.3. The smallest absolute Gasteiger partial charge is 0.231 e. The predicted octanol–water partition coefficient (Wildman–Crippen LogP) is 3.67. The number of nitrogens with zero attached hydrogens (tertiary/aromatic N) is 1. The average molecular weight is 385 g/mol. The zero-order chi connectivity index (χ0) is 19.2. The molecule has 0 spiro atoms. The van der Waals surface area contributed by atoms with Gasteiger partial charge in [0, 0.05) is 24.3 Å². The number of methoxy groups -OCH3 is 1. The van der Waals surface area contributed by atoms with Gasteiger partial charge in [0.05, 0.1) is 13.0 Å². The first-order valence-corrected chi connectivity index (χ1v) is 10.3. The van der Waals surface area contributed by atoms with Gasteiger partial charge in [0.2, 0.25) is 11.8 Å². The normalized spacial score (nSPS) is 19.2. The summed E-state index contributed by atoms with van der Waals surface area (Å²) in [6.07, 6.45) is 2.23. The van der Waals surface area contributed by atoms with Gasteiger partial charge in [-0.3, -0.25) is 9.59 Å². The molecule has 6 heteroatoms. The van der Waals surface area contributed by atoms with Gasteiger partial charge in [0.1, 0.15) is 5.75 Å². The molecule has 3 rings (SSSR count). The fourth-order valence-electron chi connectivity index (χ4n) is 3.42. The maximum atomic E-state index is 13.0. The Kier molecular flexibility index (Phi) is 6.40. The van der Waals surface area contributed by atoms with Crippen LogP contribution in [0.3, 0.4) is 0 Å². The molecule has 0 radical (unpaired) electrons. The summed E-state index contributed by atoms with van der Waals surface area (Å²) in [5, 5.41) is 2.89. The number of benzene rings is 2. The Labute approximate surface area is 164 Å². The summed E-state index contributed by atoms with van der Waals surface area (Å²) in [6.45, 7) is 0.657. The number of thioether (sulfide) groups is 1. The summed E-state index contributed by atoms with van der Waals surface area (Å²) < 4.78 is 5.13. The molecule has 2 atom stereocenters. The van der Waals surface area contributed by atoms with E-state index in [4.69, 9.17) is 4.74 Å². The second-order valence-electron chi connectivity index (χ2n) is 6.59. The molecule has 0 unspecified atom stereocenters. The Morgan fingerprint density at radius 2 is 1.89 bits per heavy atom. The lowest BCUT2D eigenvalue weighted by Gasteiger charge is -2.16. The van der Waals surface area contributed by atoms with Crippen LogP contribution in [0.2, 0.25) is 0 Å². The topological polar surface area (TPSA) is 58.6 Å². The number of amides is 2. The number of hydrogen-bond acceptors (Lipinski definition) is 4. The van der Waals surface area contributed by atoms with E-state index in [1.807, 2.05) is 41.5 Å². The molecule has 142 valence electrons. The molecule has 0 aliphatic carbocycles. The van der Waals surface area contributed by atoms with Gasteiger partial charge in [-0.25, -0.2) is 0 Å². The number of carbonyl (C=O) groups excluding carboxylic acids is 2. The molecular weight excluding hydrogens is 360 g/mol. The zero-order valence-corrected chi connectivity index (χ0v) is 16.4. The summed E-state index contributed by atoms with van der Waals surface area (Å²) >= 11 is 1.71. The molecule has 2 aromatic rings. The highest BCUT2D eigenvalue weighted by Crippen LogP contribution is 2.33. The molecule has 2 amide bonds. The van der Waals surface area contributed by atoms with Crippen LogP contribution in [-0.2, 0) is 9.59 Å². The molecule has 0 bridgehead atoms. The second kappa shape index (κ2) is 8.95. The Bertz CT molecular complexity index is 780. The first kappa shape index (κ1) is 19.3. The maximum Gasteiger partial charge on any atom is 0.231 e. The van der Waals surface area contributed by atoms with E-state index in [1.54, 1.807) is 43.1 Å². The van der Waals surface area contributed by atoms with Crippen LogP contribution in [0.15, 0.2) is 54.6 Å². The van der Waals surface area contributed by atoms with Crippen LogP contribution in [-0.4, -0.2) is 37.5 Å². The van der Waals surface area contributed by atoms with E-state index in [0.717, 1.165) is 17.2 Å². The number of carbonyl (C=O) groups is 2. The van der Waals surface area contributed by atoms with Gasteiger partial charge < -0.3 is 15.0 Å². The highest BCUT2D eigenvalue weighted by atomic mass is 32.2. The molecule has 2 aromatic carbocycles. The predicted molar refractivity (Wildman–Crippen MR) is 110 cm³/mol. The molecule has 27 heavy (non-hydrogen) atoms. The van der Waals surface area contributed by atoms with E-state index in [0.29, 0.717) is 12.2 Å². The van der Waals surface area contributed by atoms with Crippen LogP contribution < -0.4 is 15.0 Å². The van der Waals surface area contributed by atoms with Crippen molar-refractivity contribution < 1.29 is 14.3 Å². The number of nitrogens with one attached hydrogen (secondary N) is 1. The molecule has 0 aromatic heterocycles. The first-order chi connectivity index (χ1) is 13.1. The minimum absolute atomic E-state index is 0.0325. The van der Waals surface area contributed by atoms with Crippen molar-refractivity contribution in [3.8, 4) is 5.75 Å². The Morgan fingerprint density at radius 3 is 2.52 bits per heavy atom. The number of anilines is 2. The van der Waals surface area contributed by atoms with E-state index >= 15 is 0 Å². The third-order valence-corrected chi connectivity index (χ3v) is 5.56. The van der Waals surface area contributed by atoms with Crippen LogP contribution in [0.4, 0.5) is 11.4 Å². The third-order valence-electron chi connectivity index (χ3n) is 4.80. The van der Waals surface area contributed by atoms with Gasteiger partial charge in [0.15, 0.2) is 0 Å². The fourth-order valence-corrected chi connectivity index (χ4v) is 4.18. The monoisotopic (exact) mass is 384 g/mol. The highest BCUT2D eigenvalue weighted by molar-refractivity contribution is 7.98. The van der Waals surface area contributed by atoms with Crippen molar-refractivity contribution in [3.63, 3.8) is 0 Å². The number of ether oxygens (including phenoxy) is 1. The summed E-state index contributed by atoms with van der Waals surface area (Å²) in [6, 6.07) is 16.8. The summed E-state index contributed by atoms with van der Waals surface area (Å²) in [7, 11) is 1.60. The van der Waals surface area contributed by atoms with E-state index < -0.39 is 0 Å². The molecule has 1 aliphatic rings. The molecule has 1 heterocycles. The van der Waals surface area contributed by atoms with Crippen molar-refractivity contribution in [2.45, 2.75) is 6.42 Å². The molecule has 5 nitrogen and oxygen atoms in total. The Morgan fingerprint density at radius 1 is 1.19 bits per heavy atom. The van der Waals surface area contributed by atoms with Crippen LogP contribution in [0, 0.1) is 11.8 Å². The van der Waals surface area contributed by atoms with Gasteiger partial charge in [-0.1, -0.05) is 18.2 Å². The van der Waals surface area contributed by atoms with Crippen LogP contribution >= 0.6 is 11.8 Å². The lowest BCUT2D eigenvalue weighted by atomic mass is 9.93. The van der Waals surface area contributed by atoms with Gasteiger partial charge >= 0.3 is 0 Å². The quantitative estimate of drug-likeness (QED) is 0.791. The van der Waals surface area contributed by atoms with Gasteiger partial charge in [-0.2, -0.15) is 11.8 Å². The zero-order valence-electron chi connectivity index (χ0n) is 15.6. The van der Waals surface area contributed by atoms with E-state index in [9.17, 15) is 9.59 Å².